The minimum absolute atomic E-state index is 0.0691. The van der Waals surface area contributed by atoms with E-state index in [0.29, 0.717) is 4.88 Å². The fraction of sp³-hybridized carbons (Fsp3) is 0.727. The predicted molar refractivity (Wildman–Crippen MR) is 66.7 cm³/mol. The molecule has 1 aromatic heterocycles. The Hall–Kier alpha value is -1.01. The van der Waals surface area contributed by atoms with Crippen molar-refractivity contribution in [3.05, 3.63) is 11.1 Å². The maximum absolute atomic E-state index is 12.0. The van der Waals surface area contributed by atoms with Crippen LogP contribution in [-0.2, 0) is 0 Å². The van der Waals surface area contributed by atoms with Crippen LogP contribution in [0.1, 0.15) is 37.4 Å². The zero-order valence-electron chi connectivity index (χ0n) is 10.5. The van der Waals surface area contributed by atoms with E-state index in [9.17, 15) is 4.79 Å². The van der Waals surface area contributed by atoms with Crippen LogP contribution in [0.4, 0.5) is 0 Å². The maximum Gasteiger partial charge on any atom is 0.264 e. The fourth-order valence-corrected chi connectivity index (χ4v) is 3.44. The minimum Gasteiger partial charge on any atom is -0.347 e. The number of aromatic nitrogens is 2. The van der Waals surface area contributed by atoms with Crippen LogP contribution in [0.2, 0.25) is 0 Å². The summed E-state index contributed by atoms with van der Waals surface area (Å²) in [4.78, 5) is 12.5. The molecular formula is C11H18N4OS. The number of hydrogen-bond acceptors (Lipinski definition) is 5. The molecule has 0 radical (unpaired) electrons. The van der Waals surface area contributed by atoms with Gasteiger partial charge in [0.2, 0.25) is 0 Å². The van der Waals surface area contributed by atoms with Crippen molar-refractivity contribution in [3.63, 3.8) is 0 Å². The van der Waals surface area contributed by atoms with E-state index in [1.54, 1.807) is 0 Å². The molecule has 1 amide bonds. The molecule has 1 saturated carbocycles. The normalized spacial score (nSPS) is 29.5. The first-order valence-electron chi connectivity index (χ1n) is 5.61. The number of hydrogen-bond donors (Lipinski definition) is 2. The molecule has 6 heteroatoms. The van der Waals surface area contributed by atoms with Crippen LogP contribution in [0, 0.1) is 10.8 Å². The number of rotatable bonds is 2. The predicted octanol–water partition coefficient (Wildman–Crippen LogP) is 1.03. The van der Waals surface area contributed by atoms with Gasteiger partial charge in [-0.1, -0.05) is 32.2 Å². The van der Waals surface area contributed by atoms with Crippen LogP contribution in [-0.4, -0.2) is 27.6 Å². The largest absolute Gasteiger partial charge is 0.347 e. The minimum atomic E-state index is -0.113. The first-order valence-corrected chi connectivity index (χ1v) is 6.39. The Kier molecular flexibility index (Phi) is 2.74. The number of carbonyl (C=O) groups excluding carboxylic acids is 1. The lowest BCUT2D eigenvalue weighted by atomic mass is 9.48. The van der Waals surface area contributed by atoms with E-state index in [-0.39, 0.29) is 28.8 Å². The summed E-state index contributed by atoms with van der Waals surface area (Å²) in [7, 11) is 0. The van der Waals surface area contributed by atoms with Gasteiger partial charge in [0, 0.05) is 22.9 Å². The molecule has 0 unspecified atom stereocenters. The van der Waals surface area contributed by atoms with E-state index in [1.165, 1.54) is 6.20 Å². The Balaban J connectivity index is 2.12. The van der Waals surface area contributed by atoms with Gasteiger partial charge in [0.25, 0.3) is 5.91 Å². The average molecular weight is 254 g/mol. The summed E-state index contributed by atoms with van der Waals surface area (Å²) in [6.07, 6.45) is 1.48. The Morgan fingerprint density at radius 2 is 2.00 bits per heavy atom. The Labute approximate surface area is 105 Å². The van der Waals surface area contributed by atoms with Crippen LogP contribution >= 0.6 is 11.5 Å². The van der Waals surface area contributed by atoms with Gasteiger partial charge in [-0.05, 0) is 11.5 Å². The van der Waals surface area contributed by atoms with Crippen molar-refractivity contribution < 1.29 is 4.79 Å². The molecule has 1 fully saturated rings. The van der Waals surface area contributed by atoms with Gasteiger partial charge < -0.3 is 11.1 Å². The summed E-state index contributed by atoms with van der Waals surface area (Å²) in [5.74, 6) is -0.113. The molecule has 1 aliphatic carbocycles. The van der Waals surface area contributed by atoms with Gasteiger partial charge in [-0.15, -0.1) is 5.10 Å². The molecule has 2 rings (SSSR count). The van der Waals surface area contributed by atoms with E-state index in [2.05, 4.69) is 42.6 Å². The lowest BCUT2D eigenvalue weighted by Crippen LogP contribution is -2.76. The zero-order chi connectivity index (χ0) is 12.8. The lowest BCUT2D eigenvalue weighted by Gasteiger charge is -2.62. The summed E-state index contributed by atoms with van der Waals surface area (Å²) in [5, 5.41) is 6.71. The van der Waals surface area contributed by atoms with Crippen molar-refractivity contribution >= 4 is 17.4 Å². The van der Waals surface area contributed by atoms with Gasteiger partial charge in [-0.3, -0.25) is 4.79 Å². The van der Waals surface area contributed by atoms with Crippen molar-refractivity contribution in [2.75, 3.05) is 0 Å². The number of nitrogens with one attached hydrogen (secondary N) is 1. The molecule has 94 valence electrons. The highest BCUT2D eigenvalue weighted by Gasteiger charge is 2.60. The summed E-state index contributed by atoms with van der Waals surface area (Å²) in [5.41, 5.74) is 5.97. The molecule has 3 N–H and O–H groups in total. The molecule has 0 aromatic carbocycles. The zero-order valence-corrected chi connectivity index (χ0v) is 11.3. The van der Waals surface area contributed by atoms with Crippen LogP contribution in [0.25, 0.3) is 0 Å². The molecular weight excluding hydrogens is 236 g/mol. The number of nitrogens with two attached hydrogens (primary N) is 1. The van der Waals surface area contributed by atoms with E-state index in [1.807, 2.05) is 0 Å². The third-order valence-electron chi connectivity index (χ3n) is 3.95. The number of nitrogens with zero attached hydrogens (tertiary/aromatic N) is 2. The molecule has 1 aliphatic rings. The summed E-state index contributed by atoms with van der Waals surface area (Å²) in [6, 6.07) is 0.152. The van der Waals surface area contributed by atoms with Crippen LogP contribution in [0.15, 0.2) is 6.20 Å². The van der Waals surface area contributed by atoms with Crippen LogP contribution < -0.4 is 11.1 Å². The summed E-state index contributed by atoms with van der Waals surface area (Å²) < 4.78 is 3.69. The quantitative estimate of drug-likeness (QED) is 0.826. The highest BCUT2D eigenvalue weighted by atomic mass is 32.1. The Morgan fingerprint density at radius 1 is 1.41 bits per heavy atom. The van der Waals surface area contributed by atoms with Crippen molar-refractivity contribution in [2.45, 2.75) is 39.8 Å². The highest BCUT2D eigenvalue weighted by Crippen LogP contribution is 2.52. The Morgan fingerprint density at radius 3 is 2.47 bits per heavy atom. The molecule has 0 bridgehead atoms. The maximum atomic E-state index is 12.0. The van der Waals surface area contributed by atoms with E-state index in [4.69, 9.17) is 5.73 Å². The topological polar surface area (TPSA) is 80.9 Å². The third kappa shape index (κ3) is 1.75. The molecule has 5 nitrogen and oxygen atoms in total. The van der Waals surface area contributed by atoms with E-state index >= 15 is 0 Å². The lowest BCUT2D eigenvalue weighted by molar-refractivity contribution is -0.0663. The fourth-order valence-electron chi connectivity index (χ4n) is 3.02. The second-order valence-electron chi connectivity index (χ2n) is 5.81. The van der Waals surface area contributed by atoms with Gasteiger partial charge >= 0.3 is 0 Å². The first-order chi connectivity index (χ1) is 7.78. The van der Waals surface area contributed by atoms with Gasteiger partial charge in [-0.2, -0.15) is 0 Å². The van der Waals surface area contributed by atoms with E-state index < -0.39 is 0 Å². The second-order valence-corrected chi connectivity index (χ2v) is 6.59. The van der Waals surface area contributed by atoms with Gasteiger partial charge in [-0.25, -0.2) is 0 Å². The monoisotopic (exact) mass is 254 g/mol. The highest BCUT2D eigenvalue weighted by molar-refractivity contribution is 7.07. The molecule has 0 atom stereocenters. The summed E-state index contributed by atoms with van der Waals surface area (Å²) in [6.45, 7) is 8.33. The summed E-state index contributed by atoms with van der Waals surface area (Å²) >= 11 is 1.10. The van der Waals surface area contributed by atoms with Gasteiger partial charge in [0.1, 0.15) is 4.88 Å². The smallest absolute Gasteiger partial charge is 0.264 e. The van der Waals surface area contributed by atoms with Crippen molar-refractivity contribution in [3.8, 4) is 0 Å². The van der Waals surface area contributed by atoms with Crippen molar-refractivity contribution in [1.82, 2.24) is 14.9 Å². The molecule has 0 spiro atoms. The van der Waals surface area contributed by atoms with Crippen molar-refractivity contribution in [2.24, 2.45) is 16.6 Å². The van der Waals surface area contributed by atoms with Gasteiger partial charge in [0.15, 0.2) is 0 Å². The Bertz CT molecular complexity index is 411. The molecule has 1 aromatic rings. The number of amides is 1. The number of carbonyl (C=O) groups is 1. The van der Waals surface area contributed by atoms with Crippen LogP contribution in [0.5, 0.6) is 0 Å². The molecule has 1 heterocycles. The standard InChI is InChI=1S/C11H18N4OS/c1-10(2)8(12)11(3,4)9(10)14-7(16)6-5-13-15-17-6/h5,8-9H,12H2,1-4H3,(H,14,16). The van der Waals surface area contributed by atoms with Crippen molar-refractivity contribution in [1.29, 1.82) is 0 Å². The van der Waals surface area contributed by atoms with Gasteiger partial charge in [0.05, 0.1) is 6.20 Å². The second kappa shape index (κ2) is 3.74. The van der Waals surface area contributed by atoms with Crippen LogP contribution in [0.3, 0.4) is 0 Å². The molecule has 17 heavy (non-hydrogen) atoms. The SMILES string of the molecule is CC1(C)C(N)C(C)(C)C1NC(=O)c1cnns1. The van der Waals surface area contributed by atoms with E-state index in [0.717, 1.165) is 11.5 Å². The first kappa shape index (κ1) is 12.4. The molecule has 0 aliphatic heterocycles. The molecule has 0 saturated heterocycles. The third-order valence-corrected chi connectivity index (χ3v) is 4.62. The average Bonchev–Trinajstić information content (AvgIpc) is 2.77.